The molecule has 29 heavy (non-hydrogen) atoms. The first-order chi connectivity index (χ1) is 14.0. The second kappa shape index (κ2) is 6.20. The molecule has 1 aliphatic rings. The van der Waals surface area contributed by atoms with Gasteiger partial charge in [-0.3, -0.25) is 0 Å². The van der Waals surface area contributed by atoms with Gasteiger partial charge in [0, 0.05) is 23.9 Å². The van der Waals surface area contributed by atoms with Crippen LogP contribution in [0.2, 0.25) is 0 Å². The molecule has 2 N–H and O–H groups in total. The predicted molar refractivity (Wildman–Crippen MR) is 110 cm³/mol. The third-order valence-electron chi connectivity index (χ3n) is 5.79. The lowest BCUT2D eigenvalue weighted by molar-refractivity contribution is 0.0653. The number of aromatic nitrogens is 2. The van der Waals surface area contributed by atoms with E-state index in [-0.39, 0.29) is 11.1 Å². The second-order valence-corrected chi connectivity index (χ2v) is 7.47. The zero-order valence-electron chi connectivity index (χ0n) is 15.8. The number of rotatable bonds is 3. The molecule has 0 radical (unpaired) electrons. The van der Waals surface area contributed by atoms with E-state index in [1.807, 2.05) is 36.4 Å². The van der Waals surface area contributed by atoms with Crippen LogP contribution in [0, 0.1) is 6.92 Å². The number of hydrogen-bond acceptors (Lipinski definition) is 4. The molecule has 0 amide bonds. The second-order valence-electron chi connectivity index (χ2n) is 7.47. The Kier molecular flexibility index (Phi) is 3.74. The van der Waals surface area contributed by atoms with Gasteiger partial charge in [-0.1, -0.05) is 24.3 Å². The molecule has 0 saturated carbocycles. The molecule has 7 nitrogen and oxygen atoms in total. The summed E-state index contributed by atoms with van der Waals surface area (Å²) in [5.41, 5.74) is 0.227. The van der Waals surface area contributed by atoms with Gasteiger partial charge in [0.2, 0.25) is 0 Å². The topological polar surface area (TPSA) is 95.1 Å². The molecular weight excluding hydrogens is 370 g/mol. The van der Waals surface area contributed by atoms with E-state index in [0.717, 1.165) is 47.9 Å². The number of carbonyl (C=O) groups is 2. The minimum atomic E-state index is -1.27. The summed E-state index contributed by atoms with van der Waals surface area (Å²) in [7, 11) is 0. The van der Waals surface area contributed by atoms with Crippen LogP contribution in [0.25, 0.3) is 27.1 Å². The molecule has 146 valence electrons. The van der Waals surface area contributed by atoms with Crippen LogP contribution in [0.3, 0.4) is 0 Å². The summed E-state index contributed by atoms with van der Waals surface area (Å²) in [5, 5.41) is 27.9. The number of fused-ring (bicyclic) bond motifs is 4. The van der Waals surface area contributed by atoms with E-state index in [1.165, 1.54) is 4.52 Å². The smallest absolute Gasteiger partial charge is 0.338 e. The third kappa shape index (κ3) is 2.47. The van der Waals surface area contributed by atoms with Gasteiger partial charge in [-0.2, -0.15) is 0 Å². The molecule has 7 heteroatoms. The third-order valence-corrected chi connectivity index (χ3v) is 5.79. The van der Waals surface area contributed by atoms with Gasteiger partial charge in [-0.25, -0.2) is 14.1 Å². The molecule has 0 bridgehead atoms. The fourth-order valence-electron chi connectivity index (χ4n) is 4.45. The molecule has 0 unspecified atom stereocenters. The van der Waals surface area contributed by atoms with Gasteiger partial charge in [0.15, 0.2) is 5.82 Å². The van der Waals surface area contributed by atoms with Gasteiger partial charge in [0.05, 0.1) is 16.8 Å². The zero-order chi connectivity index (χ0) is 20.3. The van der Waals surface area contributed by atoms with Crippen LogP contribution in [-0.4, -0.2) is 44.9 Å². The molecule has 0 aliphatic carbocycles. The van der Waals surface area contributed by atoms with Gasteiger partial charge >= 0.3 is 11.9 Å². The average molecular weight is 389 g/mol. The quantitative estimate of drug-likeness (QED) is 0.515. The zero-order valence-corrected chi connectivity index (χ0v) is 15.8. The Morgan fingerprint density at radius 3 is 2.10 bits per heavy atom. The first-order valence-electron chi connectivity index (χ1n) is 9.56. The maximum Gasteiger partial charge on any atom is 0.338 e. The number of carboxylic acids is 2. The van der Waals surface area contributed by atoms with Crippen molar-refractivity contribution in [3.63, 3.8) is 0 Å². The summed E-state index contributed by atoms with van der Waals surface area (Å²) in [6.45, 7) is 3.35. The van der Waals surface area contributed by atoms with Gasteiger partial charge < -0.3 is 15.1 Å². The molecule has 2 aromatic heterocycles. The highest BCUT2D eigenvalue weighted by Crippen LogP contribution is 2.37. The van der Waals surface area contributed by atoms with Crippen molar-refractivity contribution < 1.29 is 19.8 Å². The van der Waals surface area contributed by atoms with Crippen LogP contribution < -0.4 is 4.90 Å². The first kappa shape index (κ1) is 17.5. The number of benzene rings is 2. The molecule has 4 aromatic rings. The highest BCUT2D eigenvalue weighted by molar-refractivity contribution is 6.17. The SMILES string of the molecule is Cc1c(C(=O)O)c(C(=O)O)c2c3cc4ccccc4cc3c(N3CCCC3)nn12. The standard InChI is InChI=1S/C22H19N3O4/c1-12-17(21(26)27)18(22(28)29)19-15-10-13-6-2-3-7-14(13)11-16(15)20(23-25(12)19)24-8-4-5-9-24/h2-3,6-7,10-11H,4-5,8-9H2,1H3,(H,26,27)(H,28,29). The van der Waals surface area contributed by atoms with E-state index >= 15 is 0 Å². The van der Waals surface area contributed by atoms with E-state index in [0.29, 0.717) is 16.6 Å². The van der Waals surface area contributed by atoms with E-state index in [9.17, 15) is 19.8 Å². The Labute approximate surface area is 165 Å². The molecule has 1 saturated heterocycles. The molecule has 0 atom stereocenters. The van der Waals surface area contributed by atoms with Crippen LogP contribution in [0.5, 0.6) is 0 Å². The number of aryl methyl sites for hydroxylation is 1. The Bertz CT molecular complexity index is 1330. The predicted octanol–water partition coefficient (Wildman–Crippen LogP) is 3.95. The van der Waals surface area contributed by atoms with Crippen molar-refractivity contribution in [1.82, 2.24) is 9.61 Å². The largest absolute Gasteiger partial charge is 0.478 e. The van der Waals surface area contributed by atoms with E-state index < -0.39 is 11.9 Å². The molecule has 0 spiro atoms. The van der Waals surface area contributed by atoms with Crippen LogP contribution in [0.15, 0.2) is 36.4 Å². The van der Waals surface area contributed by atoms with Crippen molar-refractivity contribution in [2.24, 2.45) is 0 Å². The van der Waals surface area contributed by atoms with Crippen LogP contribution in [0.1, 0.15) is 39.3 Å². The Morgan fingerprint density at radius 1 is 0.931 bits per heavy atom. The van der Waals surface area contributed by atoms with Gasteiger partial charge in [-0.05, 0) is 42.7 Å². The number of nitrogens with zero attached hydrogens (tertiary/aromatic N) is 3. The normalized spacial score (nSPS) is 14.3. The summed E-state index contributed by atoms with van der Waals surface area (Å²) in [6.07, 6.45) is 2.14. The van der Waals surface area contributed by atoms with Gasteiger partial charge in [-0.15, -0.1) is 5.10 Å². The minimum absolute atomic E-state index is 0.210. The fraction of sp³-hybridized carbons (Fsp3) is 0.227. The highest BCUT2D eigenvalue weighted by Gasteiger charge is 2.30. The molecule has 1 fully saturated rings. The van der Waals surface area contributed by atoms with Crippen molar-refractivity contribution in [1.29, 1.82) is 0 Å². The molecule has 3 heterocycles. The summed E-state index contributed by atoms with van der Waals surface area (Å²) >= 11 is 0. The minimum Gasteiger partial charge on any atom is -0.478 e. The van der Waals surface area contributed by atoms with E-state index in [4.69, 9.17) is 5.10 Å². The maximum absolute atomic E-state index is 12.1. The highest BCUT2D eigenvalue weighted by atomic mass is 16.4. The lowest BCUT2D eigenvalue weighted by atomic mass is 10.0. The molecule has 1 aliphatic heterocycles. The van der Waals surface area contributed by atoms with Gasteiger partial charge in [0.25, 0.3) is 0 Å². The van der Waals surface area contributed by atoms with E-state index in [1.54, 1.807) is 6.92 Å². The molecule has 5 rings (SSSR count). The monoisotopic (exact) mass is 389 g/mol. The van der Waals surface area contributed by atoms with Crippen molar-refractivity contribution in [3.8, 4) is 0 Å². The summed E-state index contributed by atoms with van der Waals surface area (Å²) in [4.78, 5) is 26.2. The first-order valence-corrected chi connectivity index (χ1v) is 9.56. The molecular formula is C22H19N3O4. The van der Waals surface area contributed by atoms with Crippen LogP contribution in [-0.2, 0) is 0 Å². The number of anilines is 1. The molecule has 2 aromatic carbocycles. The Morgan fingerprint density at radius 2 is 1.52 bits per heavy atom. The van der Waals surface area contributed by atoms with Crippen molar-refractivity contribution >= 4 is 44.8 Å². The lowest BCUT2D eigenvalue weighted by Gasteiger charge is -2.20. The average Bonchev–Trinajstić information content (AvgIpc) is 3.32. The Balaban J connectivity index is 2.03. The van der Waals surface area contributed by atoms with Crippen LogP contribution in [0.4, 0.5) is 5.82 Å². The van der Waals surface area contributed by atoms with Crippen molar-refractivity contribution in [2.75, 3.05) is 18.0 Å². The van der Waals surface area contributed by atoms with Crippen LogP contribution >= 0.6 is 0 Å². The fourth-order valence-corrected chi connectivity index (χ4v) is 4.45. The lowest BCUT2D eigenvalue weighted by Crippen LogP contribution is -2.20. The summed E-state index contributed by atoms with van der Waals surface area (Å²) < 4.78 is 1.50. The summed E-state index contributed by atoms with van der Waals surface area (Å²) in [5.74, 6) is -1.76. The summed E-state index contributed by atoms with van der Waals surface area (Å²) in [6, 6.07) is 11.8. The van der Waals surface area contributed by atoms with Gasteiger partial charge in [0.1, 0.15) is 5.56 Å². The number of hydrogen-bond donors (Lipinski definition) is 2. The maximum atomic E-state index is 12.1. The Hall–Kier alpha value is -3.61. The number of carboxylic acid groups (broad SMARTS) is 2. The van der Waals surface area contributed by atoms with Crippen molar-refractivity contribution in [3.05, 3.63) is 53.2 Å². The number of aromatic carboxylic acids is 2. The van der Waals surface area contributed by atoms with Crippen molar-refractivity contribution in [2.45, 2.75) is 19.8 Å². The van der Waals surface area contributed by atoms with E-state index in [2.05, 4.69) is 4.90 Å².